The lowest BCUT2D eigenvalue weighted by atomic mass is 9.98. The molecule has 0 bridgehead atoms. The van der Waals surface area contributed by atoms with Gasteiger partial charge >= 0.3 is 5.97 Å². The van der Waals surface area contributed by atoms with E-state index in [0.717, 1.165) is 0 Å². The second-order valence-corrected chi connectivity index (χ2v) is 3.35. The van der Waals surface area contributed by atoms with Crippen molar-refractivity contribution in [2.75, 3.05) is 13.7 Å². The number of carbonyl (C=O) groups excluding carboxylic acids is 1. The van der Waals surface area contributed by atoms with Gasteiger partial charge in [-0.05, 0) is 25.5 Å². The lowest BCUT2D eigenvalue weighted by Crippen LogP contribution is -2.11. The molecule has 1 rings (SSSR count). The van der Waals surface area contributed by atoms with Crippen molar-refractivity contribution >= 4 is 5.97 Å². The first kappa shape index (κ1) is 13.0. The zero-order valence-corrected chi connectivity index (χ0v) is 10.2. The molecule has 90 valence electrons. The molecular weight excluding hydrogens is 218 g/mol. The summed E-state index contributed by atoms with van der Waals surface area (Å²) in [7, 11) is 1.54. The molecule has 0 aliphatic heterocycles. The highest BCUT2D eigenvalue weighted by Crippen LogP contribution is 2.26. The third-order valence-corrected chi connectivity index (χ3v) is 2.44. The molecule has 0 saturated carbocycles. The van der Waals surface area contributed by atoms with E-state index in [-0.39, 0.29) is 6.61 Å². The van der Waals surface area contributed by atoms with Crippen molar-refractivity contribution in [1.82, 2.24) is 0 Å². The molecule has 4 nitrogen and oxygen atoms in total. The minimum atomic E-state index is -0.472. The molecule has 0 aromatic heterocycles. The van der Waals surface area contributed by atoms with Crippen molar-refractivity contribution in [2.45, 2.75) is 20.3 Å². The highest BCUT2D eigenvalue weighted by molar-refractivity contribution is 5.94. The first-order chi connectivity index (χ1) is 8.19. The Hall–Kier alpha value is -2.02. The number of esters is 1. The van der Waals surface area contributed by atoms with Crippen molar-refractivity contribution in [3.63, 3.8) is 0 Å². The molecule has 0 radical (unpaired) electrons. The maximum Gasteiger partial charge on any atom is 0.339 e. The topological polar surface area (TPSA) is 59.3 Å². The first-order valence-electron chi connectivity index (χ1n) is 5.46. The van der Waals surface area contributed by atoms with E-state index >= 15 is 0 Å². The second-order valence-electron chi connectivity index (χ2n) is 3.35. The van der Waals surface area contributed by atoms with Crippen molar-refractivity contribution in [1.29, 1.82) is 5.26 Å². The molecule has 17 heavy (non-hydrogen) atoms. The van der Waals surface area contributed by atoms with Crippen molar-refractivity contribution in [3.8, 4) is 11.8 Å². The molecule has 0 unspecified atom stereocenters. The van der Waals surface area contributed by atoms with Gasteiger partial charge < -0.3 is 9.47 Å². The van der Waals surface area contributed by atoms with Crippen LogP contribution in [0.5, 0.6) is 5.75 Å². The molecule has 0 N–H and O–H groups in total. The Balaban J connectivity index is 3.41. The Morgan fingerprint density at radius 1 is 1.41 bits per heavy atom. The standard InChI is InChI=1S/C13H15NO3/c1-4-10-11(16-3)7-6-9(8-14)12(10)13(15)17-5-2/h6-7H,4-5H2,1-3H3. The molecular formula is C13H15NO3. The summed E-state index contributed by atoms with van der Waals surface area (Å²) in [5.41, 5.74) is 1.35. The van der Waals surface area contributed by atoms with Crippen LogP contribution in [0.2, 0.25) is 0 Å². The predicted molar refractivity (Wildman–Crippen MR) is 63.0 cm³/mol. The quantitative estimate of drug-likeness (QED) is 0.749. The fourth-order valence-electron chi connectivity index (χ4n) is 1.70. The smallest absolute Gasteiger partial charge is 0.339 e. The van der Waals surface area contributed by atoms with E-state index in [4.69, 9.17) is 14.7 Å². The number of ether oxygens (including phenoxy) is 2. The average Bonchev–Trinajstić information content (AvgIpc) is 2.36. The van der Waals surface area contributed by atoms with Gasteiger partial charge in [-0.2, -0.15) is 5.26 Å². The lowest BCUT2D eigenvalue weighted by Gasteiger charge is -2.13. The van der Waals surface area contributed by atoms with Crippen LogP contribution in [-0.4, -0.2) is 19.7 Å². The van der Waals surface area contributed by atoms with Gasteiger partial charge in [-0.15, -0.1) is 0 Å². The molecule has 0 saturated heterocycles. The molecule has 0 atom stereocenters. The van der Waals surface area contributed by atoms with Crippen LogP contribution in [0.4, 0.5) is 0 Å². The van der Waals surface area contributed by atoms with Crippen LogP contribution in [0.25, 0.3) is 0 Å². The van der Waals surface area contributed by atoms with Gasteiger partial charge in [0.1, 0.15) is 11.8 Å². The molecule has 0 aliphatic rings. The van der Waals surface area contributed by atoms with Gasteiger partial charge in [0.15, 0.2) is 0 Å². The summed E-state index contributed by atoms with van der Waals surface area (Å²) in [5.74, 6) is 0.134. The Morgan fingerprint density at radius 3 is 2.59 bits per heavy atom. The van der Waals surface area contributed by atoms with Crippen LogP contribution in [0, 0.1) is 11.3 Å². The van der Waals surface area contributed by atoms with Gasteiger partial charge in [-0.1, -0.05) is 6.92 Å². The van der Waals surface area contributed by atoms with Gasteiger partial charge in [0, 0.05) is 5.56 Å². The van der Waals surface area contributed by atoms with Gasteiger partial charge in [-0.3, -0.25) is 0 Å². The van der Waals surface area contributed by atoms with Gasteiger partial charge in [0.25, 0.3) is 0 Å². The minimum absolute atomic E-state index is 0.282. The Morgan fingerprint density at radius 2 is 2.12 bits per heavy atom. The van der Waals surface area contributed by atoms with Crippen LogP contribution < -0.4 is 4.74 Å². The molecule has 1 aromatic rings. The number of methoxy groups -OCH3 is 1. The highest BCUT2D eigenvalue weighted by Gasteiger charge is 2.20. The maximum atomic E-state index is 11.8. The second kappa shape index (κ2) is 5.90. The Labute approximate surface area is 101 Å². The highest BCUT2D eigenvalue weighted by atomic mass is 16.5. The predicted octanol–water partition coefficient (Wildman–Crippen LogP) is 2.31. The first-order valence-corrected chi connectivity index (χ1v) is 5.46. The number of hydrogen-bond acceptors (Lipinski definition) is 4. The molecule has 0 amide bonds. The fourth-order valence-corrected chi connectivity index (χ4v) is 1.70. The van der Waals surface area contributed by atoms with Crippen LogP contribution >= 0.6 is 0 Å². The molecule has 0 heterocycles. The summed E-state index contributed by atoms with van der Waals surface area (Å²) in [6, 6.07) is 5.27. The van der Waals surface area contributed by atoms with Crippen LogP contribution in [-0.2, 0) is 11.2 Å². The summed E-state index contributed by atoms with van der Waals surface area (Å²) in [6.45, 7) is 3.92. The monoisotopic (exact) mass is 233 g/mol. The summed E-state index contributed by atoms with van der Waals surface area (Å²) >= 11 is 0. The van der Waals surface area contributed by atoms with E-state index < -0.39 is 5.97 Å². The number of nitriles is 1. The van der Waals surface area contributed by atoms with E-state index in [9.17, 15) is 4.79 Å². The van der Waals surface area contributed by atoms with Crippen LogP contribution in [0.3, 0.4) is 0 Å². The number of benzene rings is 1. The third kappa shape index (κ3) is 2.56. The molecule has 0 spiro atoms. The average molecular weight is 233 g/mol. The van der Waals surface area contributed by atoms with E-state index in [1.165, 1.54) is 7.11 Å². The van der Waals surface area contributed by atoms with Gasteiger partial charge in [-0.25, -0.2) is 4.79 Å². The van der Waals surface area contributed by atoms with Crippen LogP contribution in [0.15, 0.2) is 12.1 Å². The molecule has 0 fully saturated rings. The Bertz CT molecular complexity index is 460. The van der Waals surface area contributed by atoms with Gasteiger partial charge in [0.05, 0.1) is 24.8 Å². The summed E-state index contributed by atoms with van der Waals surface area (Å²) in [6.07, 6.45) is 0.604. The van der Waals surface area contributed by atoms with E-state index in [0.29, 0.717) is 28.9 Å². The molecule has 4 heteroatoms. The number of rotatable bonds is 4. The summed E-state index contributed by atoms with van der Waals surface area (Å²) in [5, 5.41) is 9.02. The number of nitrogens with zero attached hydrogens (tertiary/aromatic N) is 1. The molecule has 0 aliphatic carbocycles. The van der Waals surface area contributed by atoms with Crippen molar-refractivity contribution in [3.05, 3.63) is 28.8 Å². The number of carbonyl (C=O) groups is 1. The summed E-state index contributed by atoms with van der Waals surface area (Å²) < 4.78 is 10.2. The van der Waals surface area contributed by atoms with Gasteiger partial charge in [0.2, 0.25) is 0 Å². The van der Waals surface area contributed by atoms with Crippen LogP contribution in [0.1, 0.15) is 35.3 Å². The van der Waals surface area contributed by atoms with E-state index in [1.807, 2.05) is 13.0 Å². The van der Waals surface area contributed by atoms with Crippen molar-refractivity contribution in [2.24, 2.45) is 0 Å². The number of hydrogen-bond donors (Lipinski definition) is 0. The minimum Gasteiger partial charge on any atom is -0.496 e. The van der Waals surface area contributed by atoms with Crippen molar-refractivity contribution < 1.29 is 14.3 Å². The zero-order chi connectivity index (χ0) is 12.8. The zero-order valence-electron chi connectivity index (χ0n) is 10.2. The Kier molecular flexibility index (Phi) is 4.53. The SMILES string of the molecule is CCOC(=O)c1c(C#N)ccc(OC)c1CC. The molecule has 1 aromatic carbocycles. The van der Waals surface area contributed by atoms with E-state index in [2.05, 4.69) is 0 Å². The maximum absolute atomic E-state index is 11.8. The summed E-state index contributed by atoms with van der Waals surface area (Å²) in [4.78, 5) is 11.8. The largest absolute Gasteiger partial charge is 0.496 e. The third-order valence-electron chi connectivity index (χ3n) is 2.44. The lowest BCUT2D eigenvalue weighted by molar-refractivity contribution is 0.0524. The van der Waals surface area contributed by atoms with E-state index in [1.54, 1.807) is 19.1 Å². The normalized spacial score (nSPS) is 9.53. The fraction of sp³-hybridized carbons (Fsp3) is 0.385.